The lowest BCUT2D eigenvalue weighted by Crippen LogP contribution is -2.24. The first-order chi connectivity index (χ1) is 11.9. The molecule has 1 aliphatic heterocycles. The summed E-state index contributed by atoms with van der Waals surface area (Å²) in [6, 6.07) is 31.0. The Kier molecular flexibility index (Phi) is 4.41. The minimum atomic E-state index is -0.352. The summed E-state index contributed by atoms with van der Waals surface area (Å²) in [5.74, 6) is 0. The zero-order chi connectivity index (χ0) is 16.2. The molecule has 0 radical (unpaired) electrons. The predicted octanol–water partition coefficient (Wildman–Crippen LogP) is 5.60. The van der Waals surface area contributed by atoms with E-state index in [-0.39, 0.29) is 18.5 Å². The number of hydrogen-bond acceptors (Lipinski definition) is 2. The van der Waals surface area contributed by atoms with Crippen molar-refractivity contribution >= 4 is 0 Å². The van der Waals surface area contributed by atoms with Crippen LogP contribution in [0.1, 0.15) is 41.6 Å². The van der Waals surface area contributed by atoms with Gasteiger partial charge < -0.3 is 9.47 Å². The maximum Gasteiger partial charge on any atom is 0.185 e. The van der Waals surface area contributed by atoms with Crippen LogP contribution in [0.5, 0.6) is 0 Å². The molecular formula is C22H20O2. The highest BCUT2D eigenvalue weighted by atomic mass is 16.7. The topological polar surface area (TPSA) is 18.5 Å². The fourth-order valence-electron chi connectivity index (χ4n) is 3.17. The Morgan fingerprint density at radius 3 is 1.29 bits per heavy atom. The quantitative estimate of drug-likeness (QED) is 0.626. The lowest BCUT2D eigenvalue weighted by molar-refractivity contribution is -0.253. The van der Waals surface area contributed by atoms with Gasteiger partial charge in [-0.3, -0.25) is 0 Å². The van der Waals surface area contributed by atoms with E-state index in [1.807, 2.05) is 30.3 Å². The lowest BCUT2D eigenvalue weighted by Gasteiger charge is -2.36. The second-order valence-electron chi connectivity index (χ2n) is 6.05. The highest BCUT2D eigenvalue weighted by Gasteiger charge is 2.32. The van der Waals surface area contributed by atoms with Crippen LogP contribution >= 0.6 is 0 Å². The molecule has 120 valence electrons. The van der Waals surface area contributed by atoms with E-state index in [4.69, 9.17) is 9.47 Å². The van der Waals surface area contributed by atoms with Crippen molar-refractivity contribution in [2.75, 3.05) is 0 Å². The van der Waals surface area contributed by atoms with Gasteiger partial charge in [-0.1, -0.05) is 91.0 Å². The van der Waals surface area contributed by atoms with Crippen LogP contribution in [0.2, 0.25) is 0 Å². The summed E-state index contributed by atoms with van der Waals surface area (Å²) in [6.45, 7) is 0. The summed E-state index contributed by atoms with van der Waals surface area (Å²) in [6.07, 6.45) is 0.512. The average molecular weight is 316 g/mol. The van der Waals surface area contributed by atoms with Gasteiger partial charge in [0, 0.05) is 12.0 Å². The summed E-state index contributed by atoms with van der Waals surface area (Å²) in [7, 11) is 0. The maximum atomic E-state index is 6.29. The molecular weight excluding hydrogens is 296 g/mol. The second kappa shape index (κ2) is 7.00. The van der Waals surface area contributed by atoms with E-state index >= 15 is 0 Å². The Bertz CT molecular complexity index is 642. The smallest absolute Gasteiger partial charge is 0.185 e. The molecule has 0 saturated carbocycles. The van der Waals surface area contributed by atoms with Crippen LogP contribution in [-0.4, -0.2) is 0 Å². The van der Waals surface area contributed by atoms with E-state index in [2.05, 4.69) is 60.7 Å². The van der Waals surface area contributed by atoms with Gasteiger partial charge in [-0.15, -0.1) is 0 Å². The van der Waals surface area contributed by atoms with E-state index in [0.717, 1.165) is 12.0 Å². The first kappa shape index (κ1) is 15.1. The molecule has 1 aliphatic rings. The molecule has 1 saturated heterocycles. The van der Waals surface area contributed by atoms with Crippen molar-refractivity contribution < 1.29 is 9.47 Å². The minimum Gasteiger partial charge on any atom is -0.340 e. The fraction of sp³-hybridized carbons (Fsp3) is 0.182. The van der Waals surface area contributed by atoms with Crippen LogP contribution in [0.25, 0.3) is 0 Å². The molecule has 3 aromatic carbocycles. The molecule has 2 atom stereocenters. The van der Waals surface area contributed by atoms with Crippen molar-refractivity contribution in [2.24, 2.45) is 0 Å². The molecule has 1 heterocycles. The maximum absolute atomic E-state index is 6.29. The van der Waals surface area contributed by atoms with Gasteiger partial charge in [0.1, 0.15) is 0 Å². The normalized spacial score (nSPS) is 23.8. The molecule has 1 fully saturated rings. The summed E-state index contributed by atoms with van der Waals surface area (Å²) in [5.41, 5.74) is 3.45. The molecule has 0 aliphatic carbocycles. The molecule has 24 heavy (non-hydrogen) atoms. The van der Waals surface area contributed by atoms with Crippen molar-refractivity contribution in [2.45, 2.75) is 24.9 Å². The number of benzene rings is 3. The number of rotatable bonds is 3. The Morgan fingerprint density at radius 1 is 0.500 bits per heavy atom. The summed E-state index contributed by atoms with van der Waals surface area (Å²) < 4.78 is 12.6. The van der Waals surface area contributed by atoms with Crippen LogP contribution in [0.3, 0.4) is 0 Å². The molecule has 2 unspecified atom stereocenters. The molecule has 4 rings (SSSR count). The van der Waals surface area contributed by atoms with Crippen LogP contribution in [0.15, 0.2) is 91.0 Å². The van der Waals surface area contributed by atoms with E-state index in [9.17, 15) is 0 Å². The highest BCUT2D eigenvalue weighted by Crippen LogP contribution is 2.43. The molecule has 0 amide bonds. The van der Waals surface area contributed by atoms with Crippen LogP contribution in [-0.2, 0) is 9.47 Å². The second-order valence-corrected chi connectivity index (χ2v) is 6.05. The third-order valence-corrected chi connectivity index (χ3v) is 4.42. The number of ether oxygens (including phenoxy) is 2. The molecule has 2 nitrogen and oxygen atoms in total. The summed E-state index contributed by atoms with van der Waals surface area (Å²) >= 11 is 0. The average Bonchev–Trinajstić information content (AvgIpc) is 2.70. The molecule has 0 spiro atoms. The van der Waals surface area contributed by atoms with Gasteiger partial charge in [-0.25, -0.2) is 0 Å². The fourth-order valence-corrected chi connectivity index (χ4v) is 3.17. The van der Waals surface area contributed by atoms with E-state index < -0.39 is 0 Å². The summed E-state index contributed by atoms with van der Waals surface area (Å²) in [4.78, 5) is 0. The first-order valence-corrected chi connectivity index (χ1v) is 8.36. The third-order valence-electron chi connectivity index (χ3n) is 4.42. The standard InChI is InChI=1S/C22H20O2/c1-4-10-17(11-5-1)20-16-21(18-12-6-2-7-13-18)24-22(23-20)19-14-8-3-9-15-19/h1-15,20-22H,16H2. The van der Waals surface area contributed by atoms with Gasteiger partial charge in [0.2, 0.25) is 0 Å². The van der Waals surface area contributed by atoms with Gasteiger partial charge in [-0.05, 0) is 11.1 Å². The van der Waals surface area contributed by atoms with E-state index in [0.29, 0.717) is 0 Å². The minimum absolute atomic E-state index is 0.0235. The predicted molar refractivity (Wildman–Crippen MR) is 94.3 cm³/mol. The molecule has 0 N–H and O–H groups in total. The first-order valence-electron chi connectivity index (χ1n) is 8.36. The monoisotopic (exact) mass is 316 g/mol. The SMILES string of the molecule is c1ccc(C2CC(c3ccccc3)OC(c3ccccc3)O2)cc1. The van der Waals surface area contributed by atoms with E-state index in [1.165, 1.54) is 11.1 Å². The van der Waals surface area contributed by atoms with Gasteiger partial charge in [-0.2, -0.15) is 0 Å². The van der Waals surface area contributed by atoms with E-state index in [1.54, 1.807) is 0 Å². The Labute approximate surface area is 142 Å². The third kappa shape index (κ3) is 3.25. The Hall–Kier alpha value is -2.42. The molecule has 3 aromatic rings. The molecule has 0 aromatic heterocycles. The van der Waals surface area contributed by atoms with Crippen molar-refractivity contribution in [3.8, 4) is 0 Å². The van der Waals surface area contributed by atoms with Gasteiger partial charge in [0.15, 0.2) is 6.29 Å². The van der Waals surface area contributed by atoms with Gasteiger partial charge in [0.25, 0.3) is 0 Å². The zero-order valence-electron chi connectivity index (χ0n) is 13.4. The molecule has 2 heteroatoms. The lowest BCUT2D eigenvalue weighted by atomic mass is 9.97. The van der Waals surface area contributed by atoms with Crippen molar-refractivity contribution in [1.82, 2.24) is 0 Å². The largest absolute Gasteiger partial charge is 0.340 e. The van der Waals surface area contributed by atoms with Crippen molar-refractivity contribution in [3.63, 3.8) is 0 Å². The number of hydrogen-bond donors (Lipinski definition) is 0. The summed E-state index contributed by atoms with van der Waals surface area (Å²) in [5, 5.41) is 0. The van der Waals surface area contributed by atoms with Crippen molar-refractivity contribution in [1.29, 1.82) is 0 Å². The van der Waals surface area contributed by atoms with Crippen LogP contribution in [0.4, 0.5) is 0 Å². The zero-order valence-corrected chi connectivity index (χ0v) is 13.4. The van der Waals surface area contributed by atoms with Gasteiger partial charge in [0.05, 0.1) is 12.2 Å². The van der Waals surface area contributed by atoms with Gasteiger partial charge >= 0.3 is 0 Å². The van der Waals surface area contributed by atoms with Crippen LogP contribution < -0.4 is 0 Å². The Balaban J connectivity index is 1.66. The molecule has 0 bridgehead atoms. The van der Waals surface area contributed by atoms with Crippen LogP contribution in [0, 0.1) is 0 Å². The highest BCUT2D eigenvalue weighted by molar-refractivity contribution is 5.24. The Morgan fingerprint density at radius 2 is 0.875 bits per heavy atom. The van der Waals surface area contributed by atoms with Crippen molar-refractivity contribution in [3.05, 3.63) is 108 Å².